The first kappa shape index (κ1) is 21.7. The number of hydrogen-bond donors (Lipinski definition) is 1. The standard InChI is InChI=1S/C19H30N6O.HI/c1-15-7-9-24(13-17(15)25-10-8-21-14-25)19(20-2)22-12-16(23(3)4)18-6-5-11-26-18;/h5-6,8,10-11,14-17H,7,9,12-13H2,1-4H3,(H,20,22);1H. The Bertz CT molecular complexity index is 685. The lowest BCUT2D eigenvalue weighted by Crippen LogP contribution is -2.50. The third-order valence-electron chi connectivity index (χ3n) is 5.29. The van der Waals surface area contributed by atoms with Gasteiger partial charge in [-0.1, -0.05) is 6.92 Å². The molecular weight excluding hydrogens is 455 g/mol. The molecule has 0 amide bonds. The number of furan rings is 1. The predicted molar refractivity (Wildman–Crippen MR) is 119 cm³/mol. The minimum absolute atomic E-state index is 0. The van der Waals surface area contributed by atoms with Crippen molar-refractivity contribution in [2.24, 2.45) is 10.9 Å². The van der Waals surface area contributed by atoms with E-state index in [1.54, 1.807) is 6.26 Å². The molecular formula is C19H31IN6O. The van der Waals surface area contributed by atoms with Gasteiger partial charge in [-0.25, -0.2) is 4.98 Å². The van der Waals surface area contributed by atoms with Crippen LogP contribution in [0, 0.1) is 5.92 Å². The molecule has 7 nitrogen and oxygen atoms in total. The zero-order valence-electron chi connectivity index (χ0n) is 16.6. The maximum Gasteiger partial charge on any atom is 0.193 e. The van der Waals surface area contributed by atoms with Crippen molar-refractivity contribution in [2.45, 2.75) is 25.4 Å². The summed E-state index contributed by atoms with van der Waals surface area (Å²) < 4.78 is 7.82. The van der Waals surface area contributed by atoms with Crippen LogP contribution in [0.25, 0.3) is 0 Å². The molecule has 2 aromatic rings. The molecule has 3 unspecified atom stereocenters. The minimum Gasteiger partial charge on any atom is -0.468 e. The van der Waals surface area contributed by atoms with Crippen LogP contribution in [0.15, 0.2) is 46.5 Å². The normalized spacial score (nSPS) is 21.8. The van der Waals surface area contributed by atoms with Crippen molar-refractivity contribution in [3.8, 4) is 0 Å². The van der Waals surface area contributed by atoms with E-state index >= 15 is 0 Å². The summed E-state index contributed by atoms with van der Waals surface area (Å²) >= 11 is 0. The summed E-state index contributed by atoms with van der Waals surface area (Å²) in [6, 6.07) is 4.53. The van der Waals surface area contributed by atoms with E-state index in [2.05, 4.69) is 56.9 Å². The summed E-state index contributed by atoms with van der Waals surface area (Å²) in [4.78, 5) is 13.2. The van der Waals surface area contributed by atoms with Gasteiger partial charge in [0.1, 0.15) is 5.76 Å². The summed E-state index contributed by atoms with van der Waals surface area (Å²) in [7, 11) is 5.98. The molecule has 1 fully saturated rings. The zero-order chi connectivity index (χ0) is 18.5. The maximum atomic E-state index is 5.60. The lowest BCUT2D eigenvalue weighted by atomic mass is 9.93. The number of likely N-dealkylation sites (N-methyl/N-ethyl adjacent to an activating group) is 1. The van der Waals surface area contributed by atoms with Gasteiger partial charge in [-0.2, -0.15) is 0 Å². The number of rotatable bonds is 5. The molecule has 3 rings (SSSR count). The molecule has 1 saturated heterocycles. The van der Waals surface area contributed by atoms with Gasteiger partial charge < -0.3 is 19.2 Å². The van der Waals surface area contributed by atoms with E-state index in [1.807, 2.05) is 31.7 Å². The minimum atomic E-state index is 0. The molecule has 3 atom stereocenters. The fourth-order valence-electron chi connectivity index (χ4n) is 3.63. The van der Waals surface area contributed by atoms with Crippen molar-refractivity contribution in [1.29, 1.82) is 0 Å². The second kappa shape index (κ2) is 10.1. The number of nitrogens with one attached hydrogen (secondary N) is 1. The predicted octanol–water partition coefficient (Wildman–Crippen LogP) is 2.86. The van der Waals surface area contributed by atoms with E-state index in [9.17, 15) is 0 Å². The molecule has 0 aliphatic carbocycles. The number of nitrogens with zero attached hydrogens (tertiary/aromatic N) is 5. The quantitative estimate of drug-likeness (QED) is 0.400. The number of likely N-dealkylation sites (tertiary alicyclic amines) is 1. The molecule has 0 radical (unpaired) electrons. The molecule has 1 N–H and O–H groups in total. The fourth-order valence-corrected chi connectivity index (χ4v) is 3.63. The molecule has 150 valence electrons. The molecule has 27 heavy (non-hydrogen) atoms. The molecule has 2 aromatic heterocycles. The van der Waals surface area contributed by atoms with Crippen LogP contribution in [0.5, 0.6) is 0 Å². The largest absolute Gasteiger partial charge is 0.468 e. The Morgan fingerprint density at radius 2 is 2.30 bits per heavy atom. The first-order chi connectivity index (χ1) is 12.6. The highest BCUT2D eigenvalue weighted by Crippen LogP contribution is 2.27. The average Bonchev–Trinajstić information content (AvgIpc) is 3.33. The maximum absolute atomic E-state index is 5.60. The summed E-state index contributed by atoms with van der Waals surface area (Å²) in [5.41, 5.74) is 0. The Hall–Kier alpha value is -1.55. The van der Waals surface area contributed by atoms with E-state index in [4.69, 9.17) is 4.42 Å². The molecule has 0 spiro atoms. The number of aromatic nitrogens is 2. The first-order valence-electron chi connectivity index (χ1n) is 9.23. The summed E-state index contributed by atoms with van der Waals surface area (Å²) in [5.74, 6) is 2.53. The highest BCUT2D eigenvalue weighted by atomic mass is 127. The number of hydrogen-bond acceptors (Lipinski definition) is 4. The van der Waals surface area contributed by atoms with E-state index < -0.39 is 0 Å². The molecule has 3 heterocycles. The first-order valence-corrected chi connectivity index (χ1v) is 9.23. The van der Waals surface area contributed by atoms with E-state index in [0.717, 1.165) is 37.8 Å². The second-order valence-corrected chi connectivity index (χ2v) is 7.21. The van der Waals surface area contributed by atoms with Crippen LogP contribution in [0.4, 0.5) is 0 Å². The SMILES string of the molecule is CN=C(NCC(c1ccco1)N(C)C)N1CCC(C)C(n2ccnc2)C1.I. The molecule has 1 aliphatic heterocycles. The Balaban J connectivity index is 0.00000261. The van der Waals surface area contributed by atoms with Crippen LogP contribution in [0.2, 0.25) is 0 Å². The highest BCUT2D eigenvalue weighted by Gasteiger charge is 2.29. The number of imidazole rings is 1. The Kier molecular flexibility index (Phi) is 8.15. The lowest BCUT2D eigenvalue weighted by molar-refractivity contribution is 0.187. The summed E-state index contributed by atoms with van der Waals surface area (Å²) in [6.07, 6.45) is 8.69. The number of piperidine rings is 1. The van der Waals surface area contributed by atoms with Crippen molar-refractivity contribution in [2.75, 3.05) is 40.8 Å². The van der Waals surface area contributed by atoms with Crippen LogP contribution in [0.1, 0.15) is 31.2 Å². The third kappa shape index (κ3) is 5.25. The number of guanidine groups is 1. The van der Waals surface area contributed by atoms with Crippen molar-refractivity contribution in [3.05, 3.63) is 42.9 Å². The number of halogens is 1. The van der Waals surface area contributed by atoms with E-state index in [-0.39, 0.29) is 30.0 Å². The van der Waals surface area contributed by atoms with Gasteiger partial charge in [-0.05, 0) is 38.6 Å². The lowest BCUT2D eigenvalue weighted by Gasteiger charge is -2.39. The number of aliphatic imine (C=N–C) groups is 1. The van der Waals surface area contributed by atoms with Gasteiger partial charge >= 0.3 is 0 Å². The van der Waals surface area contributed by atoms with Crippen molar-refractivity contribution in [3.63, 3.8) is 0 Å². The van der Waals surface area contributed by atoms with Gasteiger partial charge in [0.2, 0.25) is 0 Å². The molecule has 0 saturated carbocycles. The van der Waals surface area contributed by atoms with Crippen LogP contribution in [0.3, 0.4) is 0 Å². The third-order valence-corrected chi connectivity index (χ3v) is 5.29. The monoisotopic (exact) mass is 486 g/mol. The van der Waals surface area contributed by atoms with Gasteiger partial charge in [0.05, 0.1) is 24.7 Å². The Labute approximate surface area is 178 Å². The molecule has 0 aromatic carbocycles. The highest BCUT2D eigenvalue weighted by molar-refractivity contribution is 14.0. The van der Waals surface area contributed by atoms with Gasteiger partial charge in [0, 0.05) is 39.1 Å². The van der Waals surface area contributed by atoms with Gasteiger partial charge in [-0.3, -0.25) is 9.89 Å². The van der Waals surface area contributed by atoms with Crippen molar-refractivity contribution >= 4 is 29.9 Å². The molecule has 1 aliphatic rings. The van der Waals surface area contributed by atoms with Gasteiger partial charge in [0.25, 0.3) is 0 Å². The van der Waals surface area contributed by atoms with Gasteiger partial charge in [-0.15, -0.1) is 24.0 Å². The average molecular weight is 486 g/mol. The second-order valence-electron chi connectivity index (χ2n) is 7.21. The fraction of sp³-hybridized carbons (Fsp3) is 0.579. The summed E-state index contributed by atoms with van der Waals surface area (Å²) in [5, 5.41) is 3.54. The Morgan fingerprint density at radius 3 is 2.89 bits per heavy atom. The Morgan fingerprint density at radius 1 is 1.48 bits per heavy atom. The van der Waals surface area contributed by atoms with Crippen LogP contribution in [-0.4, -0.2) is 66.1 Å². The van der Waals surface area contributed by atoms with Gasteiger partial charge in [0.15, 0.2) is 5.96 Å². The smallest absolute Gasteiger partial charge is 0.193 e. The van der Waals surface area contributed by atoms with Crippen LogP contribution in [-0.2, 0) is 0 Å². The molecule has 8 heteroatoms. The molecule has 0 bridgehead atoms. The topological polar surface area (TPSA) is 61.8 Å². The van der Waals surface area contributed by atoms with Crippen molar-refractivity contribution < 1.29 is 4.42 Å². The van der Waals surface area contributed by atoms with Crippen molar-refractivity contribution in [1.82, 2.24) is 24.7 Å². The summed E-state index contributed by atoms with van der Waals surface area (Å²) in [6.45, 7) is 5.01. The van der Waals surface area contributed by atoms with E-state index in [0.29, 0.717) is 12.0 Å². The van der Waals surface area contributed by atoms with E-state index in [1.165, 1.54) is 0 Å². The van der Waals surface area contributed by atoms with Crippen LogP contribution >= 0.6 is 24.0 Å². The van der Waals surface area contributed by atoms with Crippen LogP contribution < -0.4 is 5.32 Å². The zero-order valence-corrected chi connectivity index (χ0v) is 18.9.